The van der Waals surface area contributed by atoms with Gasteiger partial charge in [-0.1, -0.05) is 39.5 Å². The number of aromatic nitrogens is 1. The van der Waals surface area contributed by atoms with Crippen LogP contribution in [-0.4, -0.2) is 4.98 Å². The van der Waals surface area contributed by atoms with Gasteiger partial charge in [0.05, 0.1) is 5.69 Å². The number of oxazole rings is 1. The average molecular weight is 286 g/mol. The average Bonchev–Trinajstić information content (AvgIpc) is 2.49. The minimum atomic E-state index is 0.428. The van der Waals surface area contributed by atoms with E-state index in [1.165, 1.54) is 44.2 Å². The monoisotopic (exact) mass is 285 g/mol. The topological polar surface area (TPSA) is 26.0 Å². The van der Waals surface area contributed by atoms with Gasteiger partial charge in [-0.3, -0.25) is 0 Å². The second-order valence-electron chi connectivity index (χ2n) is 5.06. The largest absolute Gasteiger partial charge is 0.436 e. The molecule has 0 radical (unpaired) electrons. The highest BCUT2D eigenvalue weighted by atomic mass is 79.9. The Morgan fingerprint density at radius 1 is 1.19 bits per heavy atom. The number of hydrogen-bond donors (Lipinski definition) is 0. The minimum Gasteiger partial charge on any atom is -0.436 e. The molecule has 0 spiro atoms. The second kappa shape index (κ2) is 5.35. The van der Waals surface area contributed by atoms with Crippen LogP contribution in [0.3, 0.4) is 0 Å². The Labute approximate surface area is 106 Å². The zero-order chi connectivity index (χ0) is 11.5. The Balaban J connectivity index is 2.23. The molecule has 16 heavy (non-hydrogen) atoms. The number of halogens is 1. The van der Waals surface area contributed by atoms with Crippen molar-refractivity contribution < 1.29 is 4.42 Å². The van der Waals surface area contributed by atoms with Crippen molar-refractivity contribution in [3.8, 4) is 0 Å². The molecule has 1 aromatic rings. The number of rotatable bonds is 2. The van der Waals surface area contributed by atoms with E-state index in [1.54, 1.807) is 0 Å². The van der Waals surface area contributed by atoms with Crippen molar-refractivity contribution in [3.05, 3.63) is 16.3 Å². The summed E-state index contributed by atoms with van der Waals surface area (Å²) in [5, 5.41) is 0. The highest BCUT2D eigenvalue weighted by molar-refractivity contribution is 9.10. The summed E-state index contributed by atoms with van der Waals surface area (Å²) in [5.41, 5.74) is 1.21. The smallest absolute Gasteiger partial charge is 0.264 e. The van der Waals surface area contributed by atoms with Gasteiger partial charge in [0.25, 0.3) is 4.80 Å². The molecule has 0 aromatic carbocycles. The fraction of sp³-hybridized carbons (Fsp3) is 0.769. The maximum Gasteiger partial charge on any atom is 0.264 e. The molecule has 1 heterocycles. The van der Waals surface area contributed by atoms with Crippen LogP contribution < -0.4 is 0 Å². The van der Waals surface area contributed by atoms with Gasteiger partial charge in [-0.05, 0) is 12.8 Å². The Morgan fingerprint density at radius 2 is 1.81 bits per heavy atom. The molecule has 0 N–H and O–H groups in total. The Hall–Kier alpha value is -0.310. The van der Waals surface area contributed by atoms with Gasteiger partial charge in [0, 0.05) is 27.8 Å². The third-order valence-electron chi connectivity index (χ3n) is 3.42. The van der Waals surface area contributed by atoms with Gasteiger partial charge >= 0.3 is 0 Å². The van der Waals surface area contributed by atoms with E-state index in [4.69, 9.17) is 4.42 Å². The van der Waals surface area contributed by atoms with Gasteiger partial charge in [-0.2, -0.15) is 0 Å². The van der Waals surface area contributed by atoms with Crippen molar-refractivity contribution in [2.45, 2.75) is 64.2 Å². The predicted octanol–water partition coefficient (Wildman–Crippen LogP) is 5.00. The molecule has 1 aromatic heterocycles. The van der Waals surface area contributed by atoms with Crippen molar-refractivity contribution in [3.63, 3.8) is 0 Å². The summed E-state index contributed by atoms with van der Waals surface area (Å²) in [6, 6.07) is 0. The molecule has 3 heteroatoms. The maximum atomic E-state index is 5.68. The zero-order valence-corrected chi connectivity index (χ0v) is 11.7. The van der Waals surface area contributed by atoms with Crippen LogP contribution >= 0.6 is 15.9 Å². The normalized spacial score (nSPS) is 19.0. The summed E-state index contributed by atoms with van der Waals surface area (Å²) in [6.07, 6.45) is 8.00. The molecule has 0 unspecified atom stereocenters. The molecule has 0 aliphatic heterocycles. The van der Waals surface area contributed by atoms with Crippen LogP contribution in [0.15, 0.2) is 9.22 Å². The van der Waals surface area contributed by atoms with Gasteiger partial charge < -0.3 is 4.42 Å². The number of hydrogen-bond acceptors (Lipinski definition) is 2. The van der Waals surface area contributed by atoms with Gasteiger partial charge in [-0.25, -0.2) is 4.98 Å². The van der Waals surface area contributed by atoms with Crippen LogP contribution in [0.4, 0.5) is 0 Å². The Kier molecular flexibility index (Phi) is 4.06. The van der Waals surface area contributed by atoms with Crippen LogP contribution in [0.25, 0.3) is 0 Å². The fourth-order valence-corrected chi connectivity index (χ4v) is 2.94. The summed E-state index contributed by atoms with van der Waals surface area (Å²) in [4.78, 5) is 5.20. The molecule has 1 fully saturated rings. The van der Waals surface area contributed by atoms with Gasteiger partial charge in [0.1, 0.15) is 5.76 Å². The van der Waals surface area contributed by atoms with E-state index >= 15 is 0 Å². The van der Waals surface area contributed by atoms with Crippen molar-refractivity contribution in [2.24, 2.45) is 0 Å². The van der Waals surface area contributed by atoms with Crippen LogP contribution in [0.1, 0.15) is 75.7 Å². The minimum absolute atomic E-state index is 0.428. The van der Waals surface area contributed by atoms with E-state index in [-0.39, 0.29) is 0 Å². The van der Waals surface area contributed by atoms with E-state index in [1.807, 2.05) is 0 Å². The van der Waals surface area contributed by atoms with E-state index in [2.05, 4.69) is 34.8 Å². The summed E-state index contributed by atoms with van der Waals surface area (Å²) in [6.45, 7) is 4.35. The van der Waals surface area contributed by atoms with E-state index in [9.17, 15) is 0 Å². The highest BCUT2D eigenvalue weighted by Crippen LogP contribution is 2.36. The standard InChI is InChI=1S/C13H20BrNO/c1-9(2)12-11(15-13(14)16-12)10-7-5-3-4-6-8-10/h9-10H,3-8H2,1-2H3. The van der Waals surface area contributed by atoms with Crippen molar-refractivity contribution in [2.75, 3.05) is 0 Å². The SMILES string of the molecule is CC(C)c1oc(Br)nc1C1CCCCCC1. The summed E-state index contributed by atoms with van der Waals surface area (Å²) < 4.78 is 5.68. The first-order chi connectivity index (χ1) is 7.68. The summed E-state index contributed by atoms with van der Waals surface area (Å²) >= 11 is 3.36. The van der Waals surface area contributed by atoms with Crippen molar-refractivity contribution in [1.29, 1.82) is 0 Å². The van der Waals surface area contributed by atoms with Crippen LogP contribution in [0.2, 0.25) is 0 Å². The molecule has 1 aliphatic rings. The quantitative estimate of drug-likeness (QED) is 0.715. The lowest BCUT2D eigenvalue weighted by atomic mass is 9.93. The molecule has 0 atom stereocenters. The molecular formula is C13H20BrNO. The fourth-order valence-electron chi connectivity index (χ4n) is 2.57. The molecule has 1 aliphatic carbocycles. The summed E-state index contributed by atoms with van der Waals surface area (Å²) in [5.74, 6) is 2.13. The molecule has 2 nitrogen and oxygen atoms in total. The maximum absolute atomic E-state index is 5.68. The van der Waals surface area contributed by atoms with Crippen LogP contribution in [-0.2, 0) is 0 Å². The molecule has 90 valence electrons. The third kappa shape index (κ3) is 2.68. The summed E-state index contributed by atoms with van der Waals surface area (Å²) in [7, 11) is 0. The van der Waals surface area contributed by atoms with Gasteiger partial charge in [0.15, 0.2) is 0 Å². The zero-order valence-electron chi connectivity index (χ0n) is 10.1. The van der Waals surface area contributed by atoms with Crippen molar-refractivity contribution >= 4 is 15.9 Å². The predicted molar refractivity (Wildman–Crippen MR) is 68.7 cm³/mol. The lowest BCUT2D eigenvalue weighted by Gasteiger charge is -2.13. The van der Waals surface area contributed by atoms with E-state index in [0.717, 1.165) is 5.76 Å². The molecule has 0 amide bonds. The van der Waals surface area contributed by atoms with Crippen LogP contribution in [0.5, 0.6) is 0 Å². The van der Waals surface area contributed by atoms with Crippen LogP contribution in [0, 0.1) is 0 Å². The Morgan fingerprint density at radius 3 is 2.38 bits per heavy atom. The first-order valence-corrected chi connectivity index (χ1v) is 7.14. The molecule has 0 bridgehead atoms. The first-order valence-electron chi connectivity index (χ1n) is 6.34. The van der Waals surface area contributed by atoms with Gasteiger partial charge in [0.2, 0.25) is 0 Å². The third-order valence-corrected chi connectivity index (χ3v) is 3.76. The number of nitrogens with zero attached hydrogens (tertiary/aromatic N) is 1. The molecular weight excluding hydrogens is 266 g/mol. The lowest BCUT2D eigenvalue weighted by Crippen LogP contribution is -2.02. The molecule has 0 saturated heterocycles. The highest BCUT2D eigenvalue weighted by Gasteiger charge is 2.24. The van der Waals surface area contributed by atoms with E-state index < -0.39 is 0 Å². The van der Waals surface area contributed by atoms with Gasteiger partial charge in [-0.15, -0.1) is 0 Å². The Bertz CT molecular complexity index is 338. The second-order valence-corrected chi connectivity index (χ2v) is 5.74. The van der Waals surface area contributed by atoms with E-state index in [0.29, 0.717) is 16.6 Å². The molecule has 1 saturated carbocycles. The lowest BCUT2D eigenvalue weighted by molar-refractivity contribution is 0.451. The first kappa shape index (κ1) is 12.2. The molecule has 2 rings (SSSR count). The van der Waals surface area contributed by atoms with Crippen molar-refractivity contribution in [1.82, 2.24) is 4.98 Å².